The molecule has 0 unspecified atom stereocenters. The monoisotopic (exact) mass is 247 g/mol. The molecule has 0 amide bonds. The first-order valence-electron chi connectivity index (χ1n) is 7.44. The third-order valence-electron chi connectivity index (χ3n) is 4.30. The minimum Gasteiger partial charge on any atom is -0.329 e. The first kappa shape index (κ1) is 12.2. The number of aromatic nitrogens is 2. The molecule has 1 aromatic heterocycles. The highest BCUT2D eigenvalue weighted by Crippen LogP contribution is 2.40. The zero-order valence-corrected chi connectivity index (χ0v) is 11.9. The number of hydrogen-bond donors (Lipinski definition) is 1. The average Bonchev–Trinajstić information content (AvgIpc) is 2.61. The van der Waals surface area contributed by atoms with Crippen molar-refractivity contribution in [1.29, 1.82) is 0 Å². The van der Waals surface area contributed by atoms with Crippen molar-refractivity contribution in [2.75, 3.05) is 6.54 Å². The third kappa shape index (κ3) is 2.09. The topological polar surface area (TPSA) is 29.9 Å². The van der Waals surface area contributed by atoms with Crippen LogP contribution in [-0.4, -0.2) is 16.1 Å². The van der Waals surface area contributed by atoms with Crippen molar-refractivity contribution in [3.05, 3.63) is 17.2 Å². The van der Waals surface area contributed by atoms with Crippen LogP contribution < -0.4 is 5.32 Å². The fraction of sp³-hybridized carbons (Fsp3) is 0.800. The fourth-order valence-corrected chi connectivity index (χ4v) is 3.40. The molecule has 18 heavy (non-hydrogen) atoms. The molecular formula is C15H25N3. The van der Waals surface area contributed by atoms with E-state index in [1.807, 2.05) is 0 Å². The number of hydrogen-bond acceptors (Lipinski definition) is 2. The van der Waals surface area contributed by atoms with Crippen LogP contribution in [0.2, 0.25) is 0 Å². The number of imidazole rings is 1. The predicted molar refractivity (Wildman–Crippen MR) is 73.6 cm³/mol. The summed E-state index contributed by atoms with van der Waals surface area (Å²) in [6.45, 7) is 9.03. The van der Waals surface area contributed by atoms with E-state index in [4.69, 9.17) is 4.98 Å². The highest BCUT2D eigenvalue weighted by atomic mass is 15.1. The van der Waals surface area contributed by atoms with Gasteiger partial charge in [-0.15, -0.1) is 0 Å². The molecule has 1 aromatic rings. The van der Waals surface area contributed by atoms with Gasteiger partial charge in [0, 0.05) is 37.7 Å². The SMILES string of the molecule is CC(C)Cc1nc2c(n1C1CC(C)C1)CCNC2. The molecule has 3 heteroatoms. The summed E-state index contributed by atoms with van der Waals surface area (Å²) in [6, 6.07) is 0.739. The second-order valence-electron chi connectivity index (χ2n) is 6.55. The van der Waals surface area contributed by atoms with E-state index in [0.717, 1.165) is 37.9 Å². The van der Waals surface area contributed by atoms with Crippen LogP contribution in [0.5, 0.6) is 0 Å². The van der Waals surface area contributed by atoms with Gasteiger partial charge in [-0.25, -0.2) is 4.98 Å². The van der Waals surface area contributed by atoms with Crippen molar-refractivity contribution in [1.82, 2.24) is 14.9 Å². The van der Waals surface area contributed by atoms with Crippen LogP contribution in [0.4, 0.5) is 0 Å². The van der Waals surface area contributed by atoms with Crippen molar-refractivity contribution in [3.8, 4) is 0 Å². The van der Waals surface area contributed by atoms with Gasteiger partial charge in [-0.1, -0.05) is 20.8 Å². The Bertz CT molecular complexity index is 427. The van der Waals surface area contributed by atoms with Crippen molar-refractivity contribution in [2.24, 2.45) is 11.8 Å². The van der Waals surface area contributed by atoms with Crippen LogP contribution in [0, 0.1) is 11.8 Å². The summed E-state index contributed by atoms with van der Waals surface area (Å²) in [6.07, 6.45) is 4.98. The summed E-state index contributed by atoms with van der Waals surface area (Å²) >= 11 is 0. The van der Waals surface area contributed by atoms with Gasteiger partial charge in [0.1, 0.15) is 5.82 Å². The Morgan fingerprint density at radius 1 is 1.39 bits per heavy atom. The second kappa shape index (κ2) is 4.69. The zero-order valence-electron chi connectivity index (χ0n) is 11.9. The van der Waals surface area contributed by atoms with Crippen molar-refractivity contribution in [2.45, 2.75) is 59.0 Å². The smallest absolute Gasteiger partial charge is 0.109 e. The minimum atomic E-state index is 0.693. The molecule has 0 saturated heterocycles. The van der Waals surface area contributed by atoms with E-state index in [1.165, 1.54) is 30.1 Å². The van der Waals surface area contributed by atoms with E-state index in [1.54, 1.807) is 0 Å². The Labute approximate surface area is 110 Å². The minimum absolute atomic E-state index is 0.693. The first-order valence-corrected chi connectivity index (χ1v) is 7.44. The quantitative estimate of drug-likeness (QED) is 0.890. The van der Waals surface area contributed by atoms with Gasteiger partial charge in [0.15, 0.2) is 0 Å². The standard InChI is InChI=1S/C15H25N3/c1-10(2)6-15-17-13-9-16-5-4-14(13)18(15)12-7-11(3)8-12/h10-12,16H,4-9H2,1-3H3. The molecule has 1 N–H and O–H groups in total. The molecule has 2 aliphatic rings. The Morgan fingerprint density at radius 3 is 2.83 bits per heavy atom. The lowest BCUT2D eigenvalue weighted by Crippen LogP contribution is -2.30. The van der Waals surface area contributed by atoms with Crippen LogP contribution in [0.3, 0.4) is 0 Å². The Balaban J connectivity index is 1.94. The van der Waals surface area contributed by atoms with Crippen LogP contribution in [0.15, 0.2) is 0 Å². The normalized spacial score (nSPS) is 27.1. The van der Waals surface area contributed by atoms with Gasteiger partial charge in [0.25, 0.3) is 0 Å². The molecule has 0 radical (unpaired) electrons. The average molecular weight is 247 g/mol. The van der Waals surface area contributed by atoms with Gasteiger partial charge in [0.2, 0.25) is 0 Å². The predicted octanol–water partition coefficient (Wildman–Crippen LogP) is 2.70. The maximum atomic E-state index is 4.92. The molecule has 1 aliphatic carbocycles. The number of nitrogens with zero attached hydrogens (tertiary/aromatic N) is 2. The van der Waals surface area contributed by atoms with Crippen molar-refractivity contribution >= 4 is 0 Å². The summed E-state index contributed by atoms with van der Waals surface area (Å²) in [5, 5.41) is 3.44. The van der Waals surface area contributed by atoms with E-state index < -0.39 is 0 Å². The van der Waals surface area contributed by atoms with Gasteiger partial charge in [0.05, 0.1) is 5.69 Å². The van der Waals surface area contributed by atoms with E-state index in [-0.39, 0.29) is 0 Å². The van der Waals surface area contributed by atoms with Crippen molar-refractivity contribution < 1.29 is 0 Å². The molecule has 100 valence electrons. The summed E-state index contributed by atoms with van der Waals surface area (Å²) in [5.41, 5.74) is 2.85. The van der Waals surface area contributed by atoms with Crippen LogP contribution in [-0.2, 0) is 19.4 Å². The second-order valence-corrected chi connectivity index (χ2v) is 6.55. The molecule has 1 fully saturated rings. The Hall–Kier alpha value is -0.830. The lowest BCUT2D eigenvalue weighted by atomic mass is 9.81. The molecule has 0 bridgehead atoms. The number of fused-ring (bicyclic) bond motifs is 1. The van der Waals surface area contributed by atoms with E-state index in [0.29, 0.717) is 5.92 Å². The molecule has 1 aliphatic heterocycles. The van der Waals surface area contributed by atoms with Crippen LogP contribution in [0.25, 0.3) is 0 Å². The van der Waals surface area contributed by atoms with Gasteiger partial charge >= 0.3 is 0 Å². The molecule has 3 nitrogen and oxygen atoms in total. The summed E-state index contributed by atoms with van der Waals surface area (Å²) < 4.78 is 2.61. The Morgan fingerprint density at radius 2 is 2.17 bits per heavy atom. The van der Waals surface area contributed by atoms with Crippen LogP contribution >= 0.6 is 0 Å². The highest BCUT2D eigenvalue weighted by Gasteiger charge is 2.32. The van der Waals surface area contributed by atoms with Gasteiger partial charge in [-0.3, -0.25) is 0 Å². The molecule has 2 heterocycles. The van der Waals surface area contributed by atoms with Crippen LogP contribution in [0.1, 0.15) is 56.9 Å². The Kier molecular flexibility index (Phi) is 3.18. The van der Waals surface area contributed by atoms with Gasteiger partial charge < -0.3 is 9.88 Å². The number of nitrogens with one attached hydrogen (secondary N) is 1. The molecular weight excluding hydrogens is 222 g/mol. The van der Waals surface area contributed by atoms with Gasteiger partial charge in [-0.05, 0) is 24.7 Å². The molecule has 3 rings (SSSR count). The maximum absolute atomic E-state index is 4.92. The zero-order chi connectivity index (χ0) is 12.7. The van der Waals surface area contributed by atoms with Crippen molar-refractivity contribution in [3.63, 3.8) is 0 Å². The molecule has 0 atom stereocenters. The maximum Gasteiger partial charge on any atom is 0.109 e. The summed E-state index contributed by atoms with van der Waals surface area (Å²) in [4.78, 5) is 4.92. The lowest BCUT2D eigenvalue weighted by Gasteiger charge is -2.36. The third-order valence-corrected chi connectivity index (χ3v) is 4.30. The number of rotatable bonds is 3. The van der Waals surface area contributed by atoms with E-state index >= 15 is 0 Å². The van der Waals surface area contributed by atoms with E-state index in [2.05, 4.69) is 30.7 Å². The molecule has 1 saturated carbocycles. The molecule has 0 aromatic carbocycles. The fourth-order valence-electron chi connectivity index (χ4n) is 3.40. The van der Waals surface area contributed by atoms with Gasteiger partial charge in [-0.2, -0.15) is 0 Å². The van der Waals surface area contributed by atoms with E-state index in [9.17, 15) is 0 Å². The largest absolute Gasteiger partial charge is 0.329 e. The molecule has 0 spiro atoms. The lowest BCUT2D eigenvalue weighted by molar-refractivity contribution is 0.206. The summed E-state index contributed by atoms with van der Waals surface area (Å²) in [5.74, 6) is 2.94. The highest BCUT2D eigenvalue weighted by molar-refractivity contribution is 5.22. The summed E-state index contributed by atoms with van der Waals surface area (Å²) in [7, 11) is 0. The first-order chi connectivity index (χ1) is 8.65.